The highest BCUT2D eigenvalue weighted by molar-refractivity contribution is 7.16. The van der Waals surface area contributed by atoms with Gasteiger partial charge in [0.25, 0.3) is 5.91 Å². The van der Waals surface area contributed by atoms with Gasteiger partial charge < -0.3 is 39.4 Å². The van der Waals surface area contributed by atoms with Crippen LogP contribution in [0.2, 0.25) is 0 Å². The molecule has 12 nitrogen and oxygen atoms in total. The molecule has 6 rings (SSSR count). The van der Waals surface area contributed by atoms with Crippen molar-refractivity contribution in [1.29, 1.82) is 0 Å². The molecule has 0 radical (unpaired) electrons. The molecule has 4 heterocycles. The summed E-state index contributed by atoms with van der Waals surface area (Å²) in [6, 6.07) is 12.3. The molecule has 2 aromatic carbocycles. The van der Waals surface area contributed by atoms with E-state index in [2.05, 4.69) is 46.1 Å². The number of aliphatic hydroxyl groups is 1. The molecule has 4 aromatic rings. The molecule has 2 aliphatic heterocycles. The third kappa shape index (κ3) is 12.4. The number of hydrogen-bond donors (Lipinski definition) is 3. The van der Waals surface area contributed by atoms with E-state index in [1.54, 1.807) is 17.4 Å². The fourth-order valence-electron chi connectivity index (χ4n) is 8.03. The molecule has 14 heteroatoms. The summed E-state index contributed by atoms with van der Waals surface area (Å²) < 4.78 is 13.1. The summed E-state index contributed by atoms with van der Waals surface area (Å²) in [6.45, 7) is 9.32. The van der Waals surface area contributed by atoms with Gasteiger partial charge in [-0.2, -0.15) is 0 Å². The Balaban J connectivity index is 0.850. The van der Waals surface area contributed by atoms with Crippen molar-refractivity contribution >= 4 is 44.7 Å². The number of amides is 2. The molecule has 2 saturated heterocycles. The van der Waals surface area contributed by atoms with Crippen LogP contribution in [0, 0.1) is 0 Å². The number of H-pyrrole nitrogens is 1. The molecule has 2 fully saturated rings. The van der Waals surface area contributed by atoms with E-state index in [0.29, 0.717) is 63.6 Å². The number of nitrogens with one attached hydrogen (secondary N) is 1. The number of nitrogens with zero attached hydrogens (tertiary/aromatic N) is 4. The van der Waals surface area contributed by atoms with Crippen LogP contribution in [-0.2, 0) is 40.0 Å². The molecule has 0 aliphatic carbocycles. The van der Waals surface area contributed by atoms with Crippen LogP contribution in [0.5, 0.6) is 5.75 Å². The third-order valence-electron chi connectivity index (χ3n) is 11.6. The Hall–Kier alpha value is -3.66. The number of morpholine rings is 1. The van der Waals surface area contributed by atoms with E-state index in [1.165, 1.54) is 11.1 Å². The van der Waals surface area contributed by atoms with E-state index >= 15 is 0 Å². The number of unbranched alkanes of at least 4 members (excludes halogenated alkanes) is 4. The lowest BCUT2D eigenvalue weighted by molar-refractivity contribution is -0.132. The summed E-state index contributed by atoms with van der Waals surface area (Å²) in [5.74, 6) is 0.230. The Morgan fingerprint density at radius 3 is 2.41 bits per heavy atom. The smallest absolute Gasteiger partial charge is 0.305 e. The van der Waals surface area contributed by atoms with Crippen LogP contribution in [0.3, 0.4) is 0 Å². The van der Waals surface area contributed by atoms with Crippen LogP contribution in [0.4, 0.5) is 0 Å². The number of likely N-dealkylation sites (tertiary alicyclic amines) is 1. The molecule has 0 atom stereocenters. The molecule has 316 valence electrons. The summed E-state index contributed by atoms with van der Waals surface area (Å²) >= 11 is 2.69. The molecular weight excluding hydrogens is 775 g/mol. The topological polar surface area (TPSA) is 149 Å². The molecular formula is C44H61N5O7S2. The van der Waals surface area contributed by atoms with Crippen molar-refractivity contribution in [2.45, 2.75) is 96.0 Å². The number of hydrogen-bond acceptors (Lipinski definition) is 11. The summed E-state index contributed by atoms with van der Waals surface area (Å²) in [4.78, 5) is 51.7. The van der Waals surface area contributed by atoms with Gasteiger partial charge in [0, 0.05) is 51.3 Å². The highest BCUT2D eigenvalue weighted by atomic mass is 32.1. The Kier molecular flexibility index (Phi) is 16.7. The summed E-state index contributed by atoms with van der Waals surface area (Å²) in [7, 11) is 0. The van der Waals surface area contributed by atoms with Gasteiger partial charge in [-0.1, -0.05) is 55.0 Å². The largest absolute Gasteiger partial charge is 0.506 e. The molecule has 2 aliphatic rings. The summed E-state index contributed by atoms with van der Waals surface area (Å²) in [5, 5.41) is 22.2. The normalized spacial score (nSPS) is 15.7. The number of carbonyl (C=O) groups is 2. The minimum atomic E-state index is -0.259. The number of ether oxygens (including phenoxy) is 2. The average molecular weight is 836 g/mol. The van der Waals surface area contributed by atoms with Crippen molar-refractivity contribution in [3.05, 3.63) is 78.8 Å². The van der Waals surface area contributed by atoms with Gasteiger partial charge in [0.1, 0.15) is 17.0 Å². The first-order valence-electron chi connectivity index (χ1n) is 21.2. The van der Waals surface area contributed by atoms with E-state index in [4.69, 9.17) is 9.47 Å². The quantitative estimate of drug-likeness (QED) is 0.0786. The van der Waals surface area contributed by atoms with Gasteiger partial charge in [-0.25, -0.2) is 4.98 Å². The van der Waals surface area contributed by atoms with Gasteiger partial charge in [0.15, 0.2) is 0 Å². The second kappa shape index (κ2) is 22.1. The Labute approximate surface area is 350 Å². The van der Waals surface area contributed by atoms with Crippen molar-refractivity contribution in [2.24, 2.45) is 0 Å². The Bertz CT molecular complexity index is 1950. The van der Waals surface area contributed by atoms with E-state index < -0.39 is 0 Å². The molecule has 58 heavy (non-hydrogen) atoms. The maximum absolute atomic E-state index is 13.2. The number of fused-ring (bicyclic) bond motifs is 1. The zero-order valence-electron chi connectivity index (χ0n) is 34.1. The van der Waals surface area contributed by atoms with E-state index in [1.807, 2.05) is 21.2 Å². The number of aromatic hydroxyl groups is 1. The first kappa shape index (κ1) is 43.9. The van der Waals surface area contributed by atoms with Crippen LogP contribution in [-0.4, -0.2) is 125 Å². The van der Waals surface area contributed by atoms with Crippen molar-refractivity contribution < 1.29 is 29.3 Å². The van der Waals surface area contributed by atoms with E-state index in [0.717, 1.165) is 123 Å². The number of phenols is 1. The third-order valence-corrected chi connectivity index (χ3v) is 13.5. The maximum atomic E-state index is 13.2. The number of phenolic OH excluding ortho intramolecular Hbond substituents is 1. The fourth-order valence-corrected chi connectivity index (χ4v) is 9.64. The minimum absolute atomic E-state index is 0.0276. The maximum Gasteiger partial charge on any atom is 0.305 e. The highest BCUT2D eigenvalue weighted by Gasteiger charge is 2.41. The van der Waals surface area contributed by atoms with Gasteiger partial charge in [0.2, 0.25) is 5.91 Å². The van der Waals surface area contributed by atoms with Crippen LogP contribution >= 0.6 is 22.7 Å². The average Bonchev–Trinajstić information content (AvgIpc) is 3.89. The van der Waals surface area contributed by atoms with E-state index in [-0.39, 0.29) is 34.6 Å². The van der Waals surface area contributed by atoms with Gasteiger partial charge in [-0.15, -0.1) is 11.3 Å². The molecule has 2 aromatic heterocycles. The lowest BCUT2D eigenvalue weighted by atomic mass is 9.89. The van der Waals surface area contributed by atoms with Crippen LogP contribution in [0.25, 0.3) is 10.2 Å². The van der Waals surface area contributed by atoms with Gasteiger partial charge in [-0.05, 0) is 93.4 Å². The van der Waals surface area contributed by atoms with Crippen LogP contribution in [0.15, 0.2) is 46.6 Å². The van der Waals surface area contributed by atoms with Crippen molar-refractivity contribution in [1.82, 2.24) is 24.7 Å². The SMILES string of the molecule is CCc1nc(C(=O)N2CCOC3(CCN(CCc4ccc(CCOCCC(=O)N(CCCCCO)CCCCCc5ccc(O)c6[nH]c(=O)sc56)cc4)CC3)C2)cs1. The first-order valence-corrected chi connectivity index (χ1v) is 22.9. The number of aliphatic hydroxyl groups excluding tert-OH is 1. The van der Waals surface area contributed by atoms with E-state index in [9.17, 15) is 24.6 Å². The number of rotatable bonds is 22. The van der Waals surface area contributed by atoms with Crippen LogP contribution in [0.1, 0.15) is 96.9 Å². The minimum Gasteiger partial charge on any atom is -0.506 e. The van der Waals surface area contributed by atoms with Crippen molar-refractivity contribution in [3.8, 4) is 5.75 Å². The van der Waals surface area contributed by atoms with Gasteiger partial charge in [0.05, 0.1) is 48.1 Å². The molecule has 2 amide bonds. The second-order valence-electron chi connectivity index (χ2n) is 15.7. The number of aromatic amines is 1. The number of benzene rings is 2. The second-order valence-corrected chi connectivity index (χ2v) is 17.6. The predicted molar refractivity (Wildman–Crippen MR) is 230 cm³/mol. The molecule has 3 N–H and O–H groups in total. The standard InChI is InChI=1S/C44H61N5O7S2/c1-2-38-45-36(31-57-38)42(53)49-26-30-56-44(32-49)19-24-47(25-20-44)23-16-33-10-12-34(13-11-33)17-28-55-29-18-39(52)48(22-7-4-8-27-50)21-6-3-5-9-35-14-15-37(51)40-41(35)58-43(54)46-40/h10-15,31,50-51H,2-9,16-30,32H2,1H3,(H,46,54). The lowest BCUT2D eigenvalue weighted by Crippen LogP contribution is -2.58. The first-order chi connectivity index (χ1) is 28.3. The zero-order chi connectivity index (χ0) is 40.7. The molecule has 0 unspecified atom stereocenters. The van der Waals surface area contributed by atoms with Crippen LogP contribution < -0.4 is 4.87 Å². The van der Waals surface area contributed by atoms with Gasteiger partial charge in [-0.3, -0.25) is 14.4 Å². The number of thiazole rings is 2. The number of piperidine rings is 1. The van der Waals surface area contributed by atoms with Gasteiger partial charge >= 0.3 is 4.87 Å². The summed E-state index contributed by atoms with van der Waals surface area (Å²) in [5.41, 5.74) is 4.41. The van der Waals surface area contributed by atoms with Crippen molar-refractivity contribution in [2.75, 3.05) is 72.2 Å². The number of aryl methyl sites for hydroxylation is 2. The zero-order valence-corrected chi connectivity index (χ0v) is 35.7. The molecule has 0 saturated carbocycles. The monoisotopic (exact) mass is 835 g/mol. The summed E-state index contributed by atoms with van der Waals surface area (Å²) in [6.07, 6.45) is 10.9. The van der Waals surface area contributed by atoms with Crippen molar-refractivity contribution in [3.63, 3.8) is 0 Å². The lowest BCUT2D eigenvalue weighted by Gasteiger charge is -2.47. The number of aromatic nitrogens is 2. The number of carbonyl (C=O) groups excluding carboxylic acids is 2. The molecule has 0 bridgehead atoms. The Morgan fingerprint density at radius 2 is 1.69 bits per heavy atom. The Morgan fingerprint density at radius 1 is 0.948 bits per heavy atom. The fraction of sp³-hybridized carbons (Fsp3) is 0.591. The molecule has 1 spiro atoms. The highest BCUT2D eigenvalue weighted by Crippen LogP contribution is 2.32. The predicted octanol–water partition coefficient (Wildman–Crippen LogP) is 6.22.